The van der Waals surface area contributed by atoms with Gasteiger partial charge >= 0.3 is 0 Å². The van der Waals surface area contributed by atoms with Crippen molar-refractivity contribution in [3.8, 4) is 34.1 Å². The van der Waals surface area contributed by atoms with Gasteiger partial charge in [-0.05, 0) is 74.8 Å². The van der Waals surface area contributed by atoms with E-state index in [0.717, 1.165) is 33.9 Å². The minimum absolute atomic E-state index is 0.00859. The van der Waals surface area contributed by atoms with Gasteiger partial charge in [0, 0.05) is 11.1 Å². The third kappa shape index (κ3) is 11.8. The van der Waals surface area contributed by atoms with E-state index in [9.17, 15) is 5.11 Å². The number of phenols is 1. The molecule has 0 heterocycles. The van der Waals surface area contributed by atoms with Crippen LogP contribution in [0.25, 0.3) is 11.1 Å². The van der Waals surface area contributed by atoms with Crippen LogP contribution in [0.3, 0.4) is 0 Å². The maximum Gasteiger partial charge on any atom is 0.130 e. The van der Waals surface area contributed by atoms with E-state index < -0.39 is 0 Å². The normalized spacial score (nSPS) is 12.1. The Morgan fingerprint density at radius 3 is 1.42 bits per heavy atom. The second-order valence-electron chi connectivity index (χ2n) is 16.1. The molecular formula is C42H60O4P2. The molecule has 0 saturated heterocycles. The number of rotatable bonds is 5. The Morgan fingerprint density at radius 1 is 0.542 bits per heavy atom. The molecule has 4 rings (SSSR count). The molecule has 0 bridgehead atoms. The highest BCUT2D eigenvalue weighted by Gasteiger charge is 2.23. The lowest BCUT2D eigenvalue weighted by molar-refractivity contribution is 0.396. The predicted octanol–water partition coefficient (Wildman–Crippen LogP) is 12.4. The monoisotopic (exact) mass is 690 g/mol. The number of methoxy groups -OCH3 is 1. The molecule has 2 unspecified atom stereocenters. The Morgan fingerprint density at radius 2 is 0.979 bits per heavy atom. The van der Waals surface area contributed by atoms with Crippen LogP contribution >= 0.6 is 18.3 Å². The van der Waals surface area contributed by atoms with Gasteiger partial charge in [-0.2, -0.15) is 0 Å². The number of phenolic OH excluding ortho intramolecular Hbond substituents is 1. The Bertz CT molecular complexity index is 1600. The van der Waals surface area contributed by atoms with E-state index >= 15 is 0 Å². The lowest BCUT2D eigenvalue weighted by atomic mass is 9.80. The number of ether oxygens (including phenoxy) is 1. The highest BCUT2D eigenvalue weighted by Crippen LogP contribution is 2.39. The Balaban J connectivity index is 0.000000251. The zero-order chi connectivity index (χ0) is 36.5. The van der Waals surface area contributed by atoms with Gasteiger partial charge in [0.15, 0.2) is 0 Å². The lowest BCUT2D eigenvalue weighted by Crippen LogP contribution is -2.17. The third-order valence-electron chi connectivity index (χ3n) is 7.95. The van der Waals surface area contributed by atoms with E-state index in [2.05, 4.69) is 117 Å². The summed E-state index contributed by atoms with van der Waals surface area (Å²) in [7, 11) is 4.45. The first kappa shape index (κ1) is 41.1. The van der Waals surface area contributed by atoms with Gasteiger partial charge in [0.25, 0.3) is 0 Å². The maximum absolute atomic E-state index is 9.84. The fourth-order valence-electron chi connectivity index (χ4n) is 5.04. The summed E-state index contributed by atoms with van der Waals surface area (Å²) in [6.45, 7) is 28.3. The summed E-state index contributed by atoms with van der Waals surface area (Å²) in [5.41, 5.74) is 7.45. The summed E-state index contributed by atoms with van der Waals surface area (Å²) in [6.07, 6.45) is 0. The van der Waals surface area contributed by atoms with Crippen LogP contribution in [-0.4, -0.2) is 18.9 Å². The number of benzene rings is 4. The first-order chi connectivity index (χ1) is 22.1. The minimum Gasteiger partial charge on any atom is -0.508 e. The van der Waals surface area contributed by atoms with Gasteiger partial charge in [0.05, 0.1) is 25.4 Å². The molecule has 1 N–H and O–H groups in total. The third-order valence-corrected chi connectivity index (χ3v) is 8.63. The zero-order valence-electron chi connectivity index (χ0n) is 31.8. The van der Waals surface area contributed by atoms with Gasteiger partial charge in [0.1, 0.15) is 23.0 Å². The molecule has 2 atom stereocenters. The molecule has 262 valence electrons. The fraction of sp³-hybridized carbons (Fsp3) is 0.429. The number of hydrogen-bond acceptors (Lipinski definition) is 4. The first-order valence-corrected chi connectivity index (χ1v) is 18.4. The molecule has 0 radical (unpaired) electrons. The molecule has 4 aromatic rings. The second-order valence-corrected chi connectivity index (χ2v) is 16.9. The van der Waals surface area contributed by atoms with Crippen molar-refractivity contribution in [2.75, 3.05) is 13.8 Å². The van der Waals surface area contributed by atoms with Crippen LogP contribution in [0.15, 0.2) is 84.9 Å². The summed E-state index contributed by atoms with van der Waals surface area (Å²) in [5.74, 6) is 3.10. The predicted molar refractivity (Wildman–Crippen MR) is 213 cm³/mol. The highest BCUT2D eigenvalue weighted by atomic mass is 31.1. The van der Waals surface area contributed by atoms with Gasteiger partial charge in [-0.25, -0.2) is 0 Å². The lowest BCUT2D eigenvalue weighted by Gasteiger charge is -2.26. The summed E-state index contributed by atoms with van der Waals surface area (Å²) in [6, 6.07) is 28.4. The average molecular weight is 691 g/mol. The SMILES string of the molecule is CC(C)(C)c1ccc(O)c(C(C)(C)C)c1.COc1ccc(C(C)(C)C)cc1C(C)(C)C.CPOc1ccccc1-c1ccccc1OP. The van der Waals surface area contributed by atoms with Crippen molar-refractivity contribution in [1.29, 1.82) is 0 Å². The van der Waals surface area contributed by atoms with Crippen LogP contribution in [0, 0.1) is 0 Å². The topological polar surface area (TPSA) is 47.9 Å². The standard InChI is InChI=1S/C15H24O.C14H22O.C13H14O2P2/c1-14(2,3)11-8-9-13(16-7)12(10-11)15(4,5)6;1-13(2,3)10-7-8-12(15)11(9-10)14(4,5)6;1-17-15-13-9-5-3-7-11(13)10-6-2-4-8-12(10)14-16/h8-10H,1-7H3;7-9,15H,1-6H3;2-9,17H,16H2,1H3. The number of para-hydroxylation sites is 2. The summed E-state index contributed by atoms with van der Waals surface area (Å²) < 4.78 is 16.4. The van der Waals surface area contributed by atoms with Gasteiger partial charge in [-0.3, -0.25) is 0 Å². The largest absolute Gasteiger partial charge is 0.508 e. The number of aromatic hydroxyl groups is 1. The minimum atomic E-state index is -0.00859. The highest BCUT2D eigenvalue weighted by molar-refractivity contribution is 7.31. The molecule has 6 heteroatoms. The van der Waals surface area contributed by atoms with E-state index in [-0.39, 0.29) is 21.7 Å². The molecule has 0 aliphatic carbocycles. The average Bonchev–Trinajstić information content (AvgIpc) is 3.00. The molecule has 4 nitrogen and oxygen atoms in total. The van der Waals surface area contributed by atoms with E-state index in [0.29, 0.717) is 14.6 Å². The molecule has 0 saturated carbocycles. The van der Waals surface area contributed by atoms with Gasteiger partial charge < -0.3 is 18.9 Å². The summed E-state index contributed by atoms with van der Waals surface area (Å²) in [4.78, 5) is 0. The first-order valence-electron chi connectivity index (χ1n) is 16.6. The molecular weight excluding hydrogens is 630 g/mol. The van der Waals surface area contributed by atoms with Crippen molar-refractivity contribution in [3.63, 3.8) is 0 Å². The second kappa shape index (κ2) is 17.0. The summed E-state index contributed by atoms with van der Waals surface area (Å²) >= 11 is 0. The van der Waals surface area contributed by atoms with Crippen molar-refractivity contribution < 1.29 is 18.9 Å². The number of hydrogen-bond donors (Lipinski definition) is 1. The van der Waals surface area contributed by atoms with Gasteiger partial charge in [0.2, 0.25) is 0 Å². The van der Waals surface area contributed by atoms with Crippen molar-refractivity contribution >= 4 is 18.3 Å². The Hall–Kier alpha value is -3.06. The molecule has 0 aliphatic rings. The van der Waals surface area contributed by atoms with Crippen LogP contribution < -0.4 is 13.8 Å². The Kier molecular flexibility index (Phi) is 14.6. The fourth-order valence-corrected chi connectivity index (χ4v) is 5.65. The van der Waals surface area contributed by atoms with Crippen molar-refractivity contribution in [2.24, 2.45) is 0 Å². The van der Waals surface area contributed by atoms with Crippen LogP contribution in [0.1, 0.15) is 105 Å². The van der Waals surface area contributed by atoms with E-state index in [1.807, 2.05) is 61.3 Å². The molecule has 0 aromatic heterocycles. The molecule has 48 heavy (non-hydrogen) atoms. The van der Waals surface area contributed by atoms with Crippen molar-refractivity contribution in [3.05, 3.63) is 107 Å². The van der Waals surface area contributed by atoms with E-state index in [4.69, 9.17) is 13.8 Å². The Labute approximate surface area is 296 Å². The molecule has 0 spiro atoms. The van der Waals surface area contributed by atoms with Crippen LogP contribution in [0.5, 0.6) is 23.0 Å². The maximum atomic E-state index is 9.84. The summed E-state index contributed by atoms with van der Waals surface area (Å²) in [5, 5.41) is 9.84. The molecule has 0 fully saturated rings. The van der Waals surface area contributed by atoms with Crippen LogP contribution in [-0.2, 0) is 21.7 Å². The van der Waals surface area contributed by atoms with E-state index in [1.165, 1.54) is 16.7 Å². The molecule has 0 aliphatic heterocycles. The molecule has 0 amide bonds. The van der Waals surface area contributed by atoms with Gasteiger partial charge in [-0.1, -0.05) is 144 Å². The smallest absolute Gasteiger partial charge is 0.130 e. The van der Waals surface area contributed by atoms with Gasteiger partial charge in [-0.15, -0.1) is 0 Å². The van der Waals surface area contributed by atoms with Crippen LogP contribution in [0.4, 0.5) is 0 Å². The van der Waals surface area contributed by atoms with E-state index in [1.54, 1.807) is 13.2 Å². The quantitative estimate of drug-likeness (QED) is 0.212. The molecule has 4 aromatic carbocycles. The van der Waals surface area contributed by atoms with Crippen LogP contribution in [0.2, 0.25) is 0 Å². The van der Waals surface area contributed by atoms with Crippen molar-refractivity contribution in [2.45, 2.75) is 105 Å². The zero-order valence-corrected chi connectivity index (χ0v) is 34.0. The van der Waals surface area contributed by atoms with Crippen molar-refractivity contribution in [1.82, 2.24) is 0 Å².